The van der Waals surface area contributed by atoms with Crippen LogP contribution in [0.3, 0.4) is 0 Å². The van der Waals surface area contributed by atoms with Gasteiger partial charge in [-0.3, -0.25) is 15.6 Å². The van der Waals surface area contributed by atoms with Crippen LogP contribution in [0.4, 0.5) is 17.1 Å². The molecule has 2 aromatic carbocycles. The Morgan fingerprint density at radius 2 is 1.55 bits per heavy atom. The molecule has 2 aromatic rings. The van der Waals surface area contributed by atoms with Crippen molar-refractivity contribution >= 4 is 40.8 Å². The quantitative estimate of drug-likeness (QED) is 0.386. The molecule has 102 valence electrons. The van der Waals surface area contributed by atoms with Crippen molar-refractivity contribution < 1.29 is 4.79 Å². The van der Waals surface area contributed by atoms with Crippen molar-refractivity contribution in [1.29, 1.82) is 0 Å². The van der Waals surface area contributed by atoms with Gasteiger partial charge in [0.2, 0.25) is 6.41 Å². The zero-order chi connectivity index (χ0) is 14.2. The van der Waals surface area contributed by atoms with Crippen LogP contribution in [0.25, 0.3) is 0 Å². The third-order valence-electron chi connectivity index (χ3n) is 2.43. The molecule has 0 aromatic heterocycles. The maximum atomic E-state index is 10.2. The standard InChI is InChI=1S/C14H14N4OS/c19-10-15-18-13-8-4-7-12(9-13)17-14(20)16-11-5-2-1-3-6-11/h1-10,18H,(H,15,19)(H2,16,17,20). The molecule has 4 N–H and O–H groups in total. The number of hydrazine groups is 1. The van der Waals surface area contributed by atoms with Gasteiger partial charge in [-0.05, 0) is 42.5 Å². The van der Waals surface area contributed by atoms with E-state index in [2.05, 4.69) is 21.5 Å². The number of carbonyl (C=O) groups is 1. The lowest BCUT2D eigenvalue weighted by atomic mass is 10.3. The summed E-state index contributed by atoms with van der Waals surface area (Å²) in [5.41, 5.74) is 7.60. The van der Waals surface area contributed by atoms with Gasteiger partial charge in [0.25, 0.3) is 0 Å². The Labute approximate surface area is 122 Å². The highest BCUT2D eigenvalue weighted by Crippen LogP contribution is 2.15. The summed E-state index contributed by atoms with van der Waals surface area (Å²) in [5, 5.41) is 6.65. The van der Waals surface area contributed by atoms with Gasteiger partial charge >= 0.3 is 0 Å². The molecule has 0 bridgehead atoms. The first-order valence-electron chi connectivity index (χ1n) is 5.96. The second-order valence-corrected chi connectivity index (χ2v) is 4.32. The summed E-state index contributed by atoms with van der Waals surface area (Å²) < 4.78 is 0. The summed E-state index contributed by atoms with van der Waals surface area (Å²) >= 11 is 5.23. The van der Waals surface area contributed by atoms with Gasteiger partial charge < -0.3 is 10.6 Å². The fourth-order valence-electron chi connectivity index (χ4n) is 1.60. The first kappa shape index (κ1) is 13.8. The number of anilines is 3. The minimum atomic E-state index is 0.497. The van der Waals surface area contributed by atoms with E-state index in [1.165, 1.54) is 0 Å². The van der Waals surface area contributed by atoms with Gasteiger partial charge in [-0.2, -0.15) is 0 Å². The number of para-hydroxylation sites is 1. The van der Waals surface area contributed by atoms with E-state index in [0.29, 0.717) is 11.5 Å². The van der Waals surface area contributed by atoms with E-state index < -0.39 is 0 Å². The van der Waals surface area contributed by atoms with E-state index in [1.54, 1.807) is 0 Å². The Balaban J connectivity index is 1.95. The van der Waals surface area contributed by atoms with Crippen molar-refractivity contribution in [2.24, 2.45) is 0 Å². The smallest absolute Gasteiger partial charge is 0.225 e. The van der Waals surface area contributed by atoms with Gasteiger partial charge in [-0.1, -0.05) is 24.3 Å². The molecule has 0 aliphatic rings. The molecule has 6 heteroatoms. The number of hydrogen-bond acceptors (Lipinski definition) is 3. The predicted octanol–water partition coefficient (Wildman–Crippen LogP) is 2.57. The van der Waals surface area contributed by atoms with E-state index in [1.807, 2.05) is 54.6 Å². The molecule has 0 atom stereocenters. The van der Waals surface area contributed by atoms with E-state index in [4.69, 9.17) is 12.2 Å². The number of nitrogens with one attached hydrogen (secondary N) is 4. The van der Waals surface area contributed by atoms with E-state index in [9.17, 15) is 4.79 Å². The summed E-state index contributed by atoms with van der Waals surface area (Å²) in [5.74, 6) is 0. The summed E-state index contributed by atoms with van der Waals surface area (Å²) in [6.07, 6.45) is 0.571. The van der Waals surface area contributed by atoms with Crippen LogP contribution in [0, 0.1) is 0 Å². The molecule has 1 amide bonds. The maximum Gasteiger partial charge on any atom is 0.225 e. The first-order valence-corrected chi connectivity index (χ1v) is 6.37. The van der Waals surface area contributed by atoms with Crippen LogP contribution >= 0.6 is 12.2 Å². The number of benzene rings is 2. The minimum absolute atomic E-state index is 0.497. The van der Waals surface area contributed by atoms with Gasteiger partial charge in [0, 0.05) is 11.4 Å². The highest BCUT2D eigenvalue weighted by atomic mass is 32.1. The molecule has 0 saturated carbocycles. The summed E-state index contributed by atoms with van der Waals surface area (Å²) in [6, 6.07) is 17.1. The molecule has 0 aliphatic heterocycles. The predicted molar refractivity (Wildman–Crippen MR) is 85.5 cm³/mol. The van der Waals surface area contributed by atoms with Crippen LogP contribution in [0.1, 0.15) is 0 Å². The number of thiocarbonyl (C=S) groups is 1. The second kappa shape index (κ2) is 7.10. The first-order chi connectivity index (χ1) is 9.78. The maximum absolute atomic E-state index is 10.2. The van der Waals surface area contributed by atoms with Crippen molar-refractivity contribution in [3.05, 3.63) is 54.6 Å². The Morgan fingerprint density at radius 3 is 2.30 bits per heavy atom. The summed E-state index contributed by atoms with van der Waals surface area (Å²) in [4.78, 5) is 10.2. The molecule has 0 saturated heterocycles. The van der Waals surface area contributed by atoms with Crippen molar-refractivity contribution in [1.82, 2.24) is 5.43 Å². The molecule has 0 heterocycles. The van der Waals surface area contributed by atoms with Gasteiger partial charge in [0.1, 0.15) is 0 Å². The number of amides is 1. The highest BCUT2D eigenvalue weighted by Gasteiger charge is 1.99. The summed E-state index contributed by atoms with van der Waals surface area (Å²) in [6.45, 7) is 0. The van der Waals surface area contributed by atoms with Gasteiger partial charge in [0.05, 0.1) is 5.69 Å². The molecular formula is C14H14N4OS. The van der Waals surface area contributed by atoms with E-state index in [0.717, 1.165) is 17.1 Å². The fraction of sp³-hybridized carbons (Fsp3) is 0. The van der Waals surface area contributed by atoms with E-state index >= 15 is 0 Å². The Morgan fingerprint density at radius 1 is 0.900 bits per heavy atom. The average Bonchev–Trinajstić information content (AvgIpc) is 2.46. The zero-order valence-electron chi connectivity index (χ0n) is 10.6. The zero-order valence-corrected chi connectivity index (χ0v) is 11.4. The third kappa shape index (κ3) is 4.25. The van der Waals surface area contributed by atoms with Crippen molar-refractivity contribution in [2.45, 2.75) is 0 Å². The lowest BCUT2D eigenvalue weighted by Crippen LogP contribution is -2.20. The molecule has 0 radical (unpaired) electrons. The third-order valence-corrected chi connectivity index (χ3v) is 2.63. The van der Waals surface area contributed by atoms with Crippen LogP contribution in [0.15, 0.2) is 54.6 Å². The number of hydrogen-bond donors (Lipinski definition) is 4. The van der Waals surface area contributed by atoms with Crippen molar-refractivity contribution in [3.8, 4) is 0 Å². The fourth-order valence-corrected chi connectivity index (χ4v) is 1.84. The van der Waals surface area contributed by atoms with Crippen LogP contribution in [0.2, 0.25) is 0 Å². The normalized spacial score (nSPS) is 9.40. The van der Waals surface area contributed by atoms with Crippen LogP contribution in [0.5, 0.6) is 0 Å². The SMILES string of the molecule is O=CNNc1cccc(NC(=S)Nc2ccccc2)c1. The second-order valence-electron chi connectivity index (χ2n) is 3.91. The summed E-state index contributed by atoms with van der Waals surface area (Å²) in [7, 11) is 0. The van der Waals surface area contributed by atoms with Gasteiger partial charge in [-0.25, -0.2) is 0 Å². The van der Waals surface area contributed by atoms with Gasteiger partial charge in [-0.15, -0.1) is 0 Å². The van der Waals surface area contributed by atoms with Crippen LogP contribution in [-0.4, -0.2) is 11.5 Å². The lowest BCUT2D eigenvalue weighted by molar-refractivity contribution is -0.109. The Bertz CT molecular complexity index is 589. The Kier molecular flexibility index (Phi) is 4.91. The minimum Gasteiger partial charge on any atom is -0.332 e. The average molecular weight is 286 g/mol. The molecular weight excluding hydrogens is 272 g/mol. The molecule has 0 spiro atoms. The molecule has 5 nitrogen and oxygen atoms in total. The monoisotopic (exact) mass is 286 g/mol. The van der Waals surface area contributed by atoms with E-state index in [-0.39, 0.29) is 0 Å². The molecule has 0 aliphatic carbocycles. The van der Waals surface area contributed by atoms with Crippen LogP contribution in [-0.2, 0) is 4.79 Å². The topological polar surface area (TPSA) is 65.2 Å². The largest absolute Gasteiger partial charge is 0.332 e. The number of rotatable bonds is 5. The highest BCUT2D eigenvalue weighted by molar-refractivity contribution is 7.80. The van der Waals surface area contributed by atoms with Crippen molar-refractivity contribution in [2.75, 3.05) is 16.1 Å². The van der Waals surface area contributed by atoms with Gasteiger partial charge in [0.15, 0.2) is 5.11 Å². The Hall–Kier alpha value is -2.60. The molecule has 20 heavy (non-hydrogen) atoms. The van der Waals surface area contributed by atoms with Crippen LogP contribution < -0.4 is 21.5 Å². The molecule has 0 unspecified atom stereocenters. The molecule has 0 fully saturated rings. The lowest BCUT2D eigenvalue weighted by Gasteiger charge is -2.12. The molecule has 2 rings (SSSR count). The number of carbonyl (C=O) groups excluding carboxylic acids is 1. The van der Waals surface area contributed by atoms with Crippen molar-refractivity contribution in [3.63, 3.8) is 0 Å².